The number of benzene rings is 1. The van der Waals surface area contributed by atoms with E-state index in [2.05, 4.69) is 20.4 Å². The second kappa shape index (κ2) is 5.37. The number of H-pyrrole nitrogens is 1. The number of halogens is 1. The number of fused-ring (bicyclic) bond motifs is 1. The lowest BCUT2D eigenvalue weighted by Crippen LogP contribution is -2.16. The molecule has 0 spiro atoms. The van der Waals surface area contributed by atoms with E-state index in [9.17, 15) is 9.59 Å². The van der Waals surface area contributed by atoms with Crippen LogP contribution in [0.5, 0.6) is 0 Å². The van der Waals surface area contributed by atoms with Gasteiger partial charge in [-0.25, -0.2) is 4.98 Å². The molecule has 0 fully saturated rings. The van der Waals surface area contributed by atoms with Gasteiger partial charge in [-0.2, -0.15) is 9.50 Å². The Balaban J connectivity index is 1.93. The van der Waals surface area contributed by atoms with Gasteiger partial charge in [0.1, 0.15) is 0 Å². The molecule has 2 heterocycles. The van der Waals surface area contributed by atoms with E-state index in [1.165, 1.54) is 6.07 Å². The maximum atomic E-state index is 12.0. The molecular formula is C13H10ClN5O2. The average Bonchev–Trinajstić information content (AvgIpc) is 2.91. The number of aromatic nitrogens is 4. The van der Waals surface area contributed by atoms with Crippen LogP contribution < -0.4 is 10.9 Å². The van der Waals surface area contributed by atoms with Crippen molar-refractivity contribution in [3.63, 3.8) is 0 Å². The third-order valence-corrected chi connectivity index (χ3v) is 3.06. The maximum absolute atomic E-state index is 12.0. The van der Waals surface area contributed by atoms with Gasteiger partial charge in [0.2, 0.25) is 5.95 Å². The van der Waals surface area contributed by atoms with Gasteiger partial charge in [0.15, 0.2) is 0 Å². The highest BCUT2D eigenvalue weighted by atomic mass is 35.5. The first kappa shape index (κ1) is 13.3. The zero-order valence-electron chi connectivity index (χ0n) is 10.7. The number of nitrogens with one attached hydrogen (secondary N) is 2. The first-order chi connectivity index (χ1) is 10.2. The molecule has 1 aromatic carbocycles. The van der Waals surface area contributed by atoms with E-state index >= 15 is 0 Å². The molecule has 0 saturated heterocycles. The van der Waals surface area contributed by atoms with Crippen molar-refractivity contribution in [1.29, 1.82) is 0 Å². The summed E-state index contributed by atoms with van der Waals surface area (Å²) >= 11 is 5.65. The lowest BCUT2D eigenvalue weighted by atomic mass is 10.2. The van der Waals surface area contributed by atoms with E-state index in [-0.39, 0.29) is 29.1 Å². The summed E-state index contributed by atoms with van der Waals surface area (Å²) in [7, 11) is 0. The molecule has 0 aliphatic carbocycles. The number of anilines is 1. The van der Waals surface area contributed by atoms with Crippen LogP contribution in [0.4, 0.5) is 5.95 Å². The van der Waals surface area contributed by atoms with E-state index in [1.807, 2.05) is 6.07 Å². The Morgan fingerprint density at radius 3 is 2.76 bits per heavy atom. The summed E-state index contributed by atoms with van der Waals surface area (Å²) in [6, 6.07) is 9.98. The van der Waals surface area contributed by atoms with Crippen molar-refractivity contribution in [3.8, 4) is 0 Å². The number of alkyl halides is 1. The van der Waals surface area contributed by atoms with Crippen molar-refractivity contribution < 1.29 is 4.79 Å². The molecule has 106 valence electrons. The van der Waals surface area contributed by atoms with Gasteiger partial charge in [-0.15, -0.1) is 11.6 Å². The van der Waals surface area contributed by atoms with E-state index < -0.39 is 0 Å². The van der Waals surface area contributed by atoms with Gasteiger partial charge >= 0.3 is 0 Å². The first-order valence-electron chi connectivity index (χ1n) is 6.08. The Morgan fingerprint density at radius 1 is 1.29 bits per heavy atom. The van der Waals surface area contributed by atoms with Gasteiger partial charge in [0.25, 0.3) is 17.2 Å². The van der Waals surface area contributed by atoms with Crippen molar-refractivity contribution in [1.82, 2.24) is 19.6 Å². The van der Waals surface area contributed by atoms with Crippen molar-refractivity contribution in [2.45, 2.75) is 5.88 Å². The highest BCUT2D eigenvalue weighted by Crippen LogP contribution is 2.06. The molecule has 3 rings (SSSR count). The molecule has 0 aliphatic heterocycles. The van der Waals surface area contributed by atoms with Gasteiger partial charge in [0, 0.05) is 11.6 Å². The molecule has 0 aliphatic rings. The SMILES string of the molecule is O=C(Nc1nc2nc(CCl)cc(=O)n2[nH]1)c1ccccc1. The standard InChI is InChI=1S/C13H10ClN5O2/c14-7-9-6-10(20)19-13(15-9)17-12(18-19)16-11(21)8-4-2-1-3-5-8/h1-6H,7H2,(H2,15,16,17,18,21). The number of nitrogens with zero attached hydrogens (tertiary/aromatic N) is 3. The smallest absolute Gasteiger partial charge is 0.274 e. The van der Waals surface area contributed by atoms with Crippen molar-refractivity contribution in [2.24, 2.45) is 0 Å². The number of hydrogen-bond donors (Lipinski definition) is 2. The Bertz CT molecular complexity index is 856. The molecule has 7 nitrogen and oxygen atoms in total. The third-order valence-electron chi connectivity index (χ3n) is 2.79. The fourth-order valence-electron chi connectivity index (χ4n) is 1.82. The molecule has 0 bridgehead atoms. The van der Waals surface area contributed by atoms with Gasteiger partial charge in [-0.3, -0.25) is 20.0 Å². The second-order valence-corrected chi connectivity index (χ2v) is 4.51. The molecule has 0 unspecified atom stereocenters. The Labute approximate surface area is 123 Å². The summed E-state index contributed by atoms with van der Waals surface area (Å²) in [5.74, 6) is 0.0755. The van der Waals surface area contributed by atoms with Crippen LogP contribution in [0.2, 0.25) is 0 Å². The number of aromatic amines is 1. The quantitative estimate of drug-likeness (QED) is 0.716. The van der Waals surface area contributed by atoms with Gasteiger partial charge in [0.05, 0.1) is 11.6 Å². The number of rotatable bonds is 3. The molecule has 3 aromatic rings. The number of carbonyl (C=O) groups excluding carboxylic acids is 1. The minimum atomic E-state index is -0.344. The topological polar surface area (TPSA) is 92.2 Å². The number of amides is 1. The summed E-state index contributed by atoms with van der Waals surface area (Å²) in [5, 5.41) is 5.25. The average molecular weight is 304 g/mol. The molecule has 0 saturated carbocycles. The maximum Gasteiger partial charge on any atom is 0.274 e. The minimum absolute atomic E-state index is 0.115. The van der Waals surface area contributed by atoms with Crippen LogP contribution >= 0.6 is 11.6 Å². The van der Waals surface area contributed by atoms with Crippen molar-refractivity contribution in [3.05, 3.63) is 58.0 Å². The van der Waals surface area contributed by atoms with E-state index in [1.54, 1.807) is 24.3 Å². The molecule has 0 radical (unpaired) electrons. The zero-order valence-corrected chi connectivity index (χ0v) is 11.5. The summed E-state index contributed by atoms with van der Waals surface area (Å²) in [6.45, 7) is 0. The number of carbonyl (C=O) groups is 1. The van der Waals surface area contributed by atoms with Crippen LogP contribution in [0.25, 0.3) is 5.78 Å². The fraction of sp³-hybridized carbons (Fsp3) is 0.0769. The predicted octanol–water partition coefficient (Wildman–Crippen LogP) is 1.41. The highest BCUT2D eigenvalue weighted by Gasteiger charge is 2.11. The Morgan fingerprint density at radius 2 is 2.05 bits per heavy atom. The van der Waals surface area contributed by atoms with E-state index in [0.717, 1.165) is 4.52 Å². The van der Waals surface area contributed by atoms with Crippen LogP contribution in [0.3, 0.4) is 0 Å². The van der Waals surface area contributed by atoms with Gasteiger partial charge < -0.3 is 0 Å². The van der Waals surface area contributed by atoms with Crippen LogP contribution in [0.15, 0.2) is 41.2 Å². The van der Waals surface area contributed by atoms with Crippen molar-refractivity contribution in [2.75, 3.05) is 5.32 Å². The molecule has 21 heavy (non-hydrogen) atoms. The zero-order chi connectivity index (χ0) is 14.8. The van der Waals surface area contributed by atoms with Gasteiger partial charge in [-0.05, 0) is 12.1 Å². The van der Waals surface area contributed by atoms with E-state index in [0.29, 0.717) is 11.3 Å². The lowest BCUT2D eigenvalue weighted by Gasteiger charge is -2.00. The van der Waals surface area contributed by atoms with E-state index in [4.69, 9.17) is 11.6 Å². The molecular weight excluding hydrogens is 294 g/mol. The largest absolute Gasteiger partial charge is 0.291 e. The summed E-state index contributed by atoms with van der Waals surface area (Å²) in [4.78, 5) is 32.0. The molecule has 2 aromatic heterocycles. The van der Waals surface area contributed by atoms with Gasteiger partial charge in [-0.1, -0.05) is 18.2 Å². The normalized spacial score (nSPS) is 10.7. The monoisotopic (exact) mass is 303 g/mol. The molecule has 2 N–H and O–H groups in total. The number of hydrogen-bond acceptors (Lipinski definition) is 4. The summed E-state index contributed by atoms with van der Waals surface area (Å²) < 4.78 is 1.14. The lowest BCUT2D eigenvalue weighted by molar-refractivity contribution is 0.102. The summed E-state index contributed by atoms with van der Waals surface area (Å²) in [6.07, 6.45) is 0. The molecule has 8 heteroatoms. The first-order valence-corrected chi connectivity index (χ1v) is 6.62. The summed E-state index contributed by atoms with van der Waals surface area (Å²) in [5.41, 5.74) is 0.567. The Kier molecular flexibility index (Phi) is 3.41. The van der Waals surface area contributed by atoms with Crippen LogP contribution in [0, 0.1) is 0 Å². The van der Waals surface area contributed by atoms with Crippen LogP contribution in [-0.4, -0.2) is 25.5 Å². The molecule has 0 atom stereocenters. The Hall–Kier alpha value is -2.67. The fourth-order valence-corrected chi connectivity index (χ4v) is 1.96. The third kappa shape index (κ3) is 2.63. The highest BCUT2D eigenvalue weighted by molar-refractivity contribution is 6.16. The van der Waals surface area contributed by atoms with Crippen LogP contribution in [0.1, 0.15) is 16.1 Å². The van der Waals surface area contributed by atoms with Crippen molar-refractivity contribution >= 4 is 29.2 Å². The second-order valence-electron chi connectivity index (χ2n) is 4.25. The van der Waals surface area contributed by atoms with Crippen LogP contribution in [-0.2, 0) is 5.88 Å². The predicted molar refractivity (Wildman–Crippen MR) is 77.6 cm³/mol. The minimum Gasteiger partial charge on any atom is -0.291 e. The molecule has 1 amide bonds.